The van der Waals surface area contributed by atoms with Crippen LogP contribution >= 0.6 is 0 Å². The molecule has 0 aromatic rings. The van der Waals surface area contributed by atoms with Crippen molar-refractivity contribution in [3.8, 4) is 0 Å². The zero-order valence-corrected chi connectivity index (χ0v) is 13.6. The molecule has 4 nitrogen and oxygen atoms in total. The van der Waals surface area contributed by atoms with Gasteiger partial charge in [0.2, 0.25) is 0 Å². The molecule has 21 heavy (non-hydrogen) atoms. The van der Waals surface area contributed by atoms with Crippen LogP contribution in [0.3, 0.4) is 0 Å². The summed E-state index contributed by atoms with van der Waals surface area (Å²) in [6.45, 7) is 3.13. The smallest absolute Gasteiger partial charge is 0.168 e. The maximum atomic E-state index is 6.31. The van der Waals surface area contributed by atoms with Crippen molar-refractivity contribution in [2.45, 2.75) is 82.5 Å². The summed E-state index contributed by atoms with van der Waals surface area (Å²) in [5.41, 5.74) is 5.51. The van der Waals surface area contributed by atoms with E-state index in [4.69, 9.17) is 15.2 Å². The summed E-state index contributed by atoms with van der Waals surface area (Å²) < 4.78 is 12.5. The quantitative estimate of drug-likeness (QED) is 0.784. The Hall–Kier alpha value is -0.160. The normalized spacial score (nSPS) is 28.1. The SMILES string of the molecule is NCCNC[C@H]1COC2(CCCCCCCCCCC2)O1. The second-order valence-electron chi connectivity index (χ2n) is 6.64. The summed E-state index contributed by atoms with van der Waals surface area (Å²) in [4.78, 5) is 0. The Balaban J connectivity index is 1.79. The van der Waals surface area contributed by atoms with Gasteiger partial charge in [-0.15, -0.1) is 0 Å². The summed E-state index contributed by atoms with van der Waals surface area (Å²) in [7, 11) is 0. The zero-order valence-electron chi connectivity index (χ0n) is 13.6. The lowest BCUT2D eigenvalue weighted by atomic mass is 9.97. The first-order chi connectivity index (χ1) is 10.3. The topological polar surface area (TPSA) is 56.5 Å². The Morgan fingerprint density at radius 3 is 2.05 bits per heavy atom. The van der Waals surface area contributed by atoms with Crippen molar-refractivity contribution in [1.29, 1.82) is 0 Å². The number of nitrogens with one attached hydrogen (secondary N) is 1. The molecule has 1 aliphatic heterocycles. The van der Waals surface area contributed by atoms with Gasteiger partial charge in [-0.3, -0.25) is 0 Å². The highest BCUT2D eigenvalue weighted by atomic mass is 16.7. The molecule has 2 rings (SSSR count). The molecule has 4 heteroatoms. The molecule has 124 valence electrons. The van der Waals surface area contributed by atoms with E-state index in [0.717, 1.165) is 32.5 Å². The molecule has 0 aromatic heterocycles. The Labute approximate surface area is 130 Å². The van der Waals surface area contributed by atoms with Crippen molar-refractivity contribution in [3.63, 3.8) is 0 Å². The number of ether oxygens (including phenoxy) is 2. The molecule has 3 N–H and O–H groups in total. The van der Waals surface area contributed by atoms with Crippen molar-refractivity contribution in [1.82, 2.24) is 5.32 Å². The molecule has 0 unspecified atom stereocenters. The van der Waals surface area contributed by atoms with E-state index in [9.17, 15) is 0 Å². The van der Waals surface area contributed by atoms with E-state index < -0.39 is 0 Å². The fourth-order valence-electron chi connectivity index (χ4n) is 3.50. The average molecular weight is 298 g/mol. The average Bonchev–Trinajstić information content (AvgIpc) is 2.87. The number of nitrogens with two attached hydrogens (primary N) is 1. The minimum atomic E-state index is -0.283. The van der Waals surface area contributed by atoms with E-state index in [1.54, 1.807) is 0 Å². The largest absolute Gasteiger partial charge is 0.347 e. The molecule has 0 aromatic carbocycles. The number of hydrogen-bond acceptors (Lipinski definition) is 4. The van der Waals surface area contributed by atoms with Crippen molar-refractivity contribution >= 4 is 0 Å². The maximum Gasteiger partial charge on any atom is 0.168 e. The van der Waals surface area contributed by atoms with Crippen LogP contribution in [0.5, 0.6) is 0 Å². The molecule has 2 fully saturated rings. The molecule has 2 aliphatic rings. The third-order valence-electron chi connectivity index (χ3n) is 4.72. The molecule has 0 bridgehead atoms. The first kappa shape index (κ1) is 17.2. The molecule has 1 saturated carbocycles. The highest BCUT2D eigenvalue weighted by Gasteiger charge is 2.40. The number of rotatable bonds is 4. The second-order valence-corrected chi connectivity index (χ2v) is 6.64. The third kappa shape index (κ3) is 6.23. The van der Waals surface area contributed by atoms with Crippen LogP contribution < -0.4 is 11.1 Å². The lowest BCUT2D eigenvalue weighted by molar-refractivity contribution is -0.179. The first-order valence-electron chi connectivity index (χ1n) is 9.07. The molecule has 1 aliphatic carbocycles. The van der Waals surface area contributed by atoms with Gasteiger partial charge in [-0.05, 0) is 12.8 Å². The van der Waals surface area contributed by atoms with Gasteiger partial charge in [-0.2, -0.15) is 0 Å². The first-order valence-corrected chi connectivity index (χ1v) is 9.07. The summed E-state index contributed by atoms with van der Waals surface area (Å²) >= 11 is 0. The second kappa shape index (κ2) is 9.78. The Kier molecular flexibility index (Phi) is 8.01. The molecule has 1 atom stereocenters. The van der Waals surface area contributed by atoms with Gasteiger partial charge in [0.05, 0.1) is 12.7 Å². The minimum Gasteiger partial charge on any atom is -0.347 e. The van der Waals surface area contributed by atoms with Gasteiger partial charge in [-0.1, -0.05) is 44.9 Å². The van der Waals surface area contributed by atoms with Crippen LogP contribution in [0.1, 0.15) is 70.6 Å². The van der Waals surface area contributed by atoms with Crippen LogP contribution in [0.4, 0.5) is 0 Å². The Morgan fingerprint density at radius 2 is 1.48 bits per heavy atom. The summed E-state index contributed by atoms with van der Waals surface area (Å²) in [6, 6.07) is 0. The highest BCUT2D eigenvalue weighted by molar-refractivity contribution is 4.81. The van der Waals surface area contributed by atoms with E-state index in [-0.39, 0.29) is 11.9 Å². The fraction of sp³-hybridized carbons (Fsp3) is 1.00. The predicted octanol–water partition coefficient (Wildman–Crippen LogP) is 2.95. The van der Waals surface area contributed by atoms with Crippen LogP contribution in [-0.4, -0.2) is 38.1 Å². The van der Waals surface area contributed by atoms with E-state index >= 15 is 0 Å². The summed E-state index contributed by atoms with van der Waals surface area (Å²) in [5, 5.41) is 3.34. The highest BCUT2D eigenvalue weighted by Crippen LogP contribution is 2.34. The minimum absolute atomic E-state index is 0.199. The Bertz CT molecular complexity index is 262. The van der Waals surface area contributed by atoms with Crippen LogP contribution in [0.2, 0.25) is 0 Å². The molecular formula is C17H34N2O2. The lowest BCUT2D eigenvalue weighted by Crippen LogP contribution is -2.35. The van der Waals surface area contributed by atoms with Gasteiger partial charge in [0.1, 0.15) is 0 Å². The monoisotopic (exact) mass is 298 g/mol. The molecule has 1 spiro atoms. The zero-order chi connectivity index (χ0) is 14.8. The van der Waals surface area contributed by atoms with Crippen molar-refractivity contribution in [3.05, 3.63) is 0 Å². The predicted molar refractivity (Wildman–Crippen MR) is 86.3 cm³/mol. The van der Waals surface area contributed by atoms with E-state index in [1.807, 2.05) is 0 Å². The molecule has 0 amide bonds. The van der Waals surface area contributed by atoms with Crippen LogP contribution in [0.15, 0.2) is 0 Å². The van der Waals surface area contributed by atoms with Gasteiger partial charge < -0.3 is 20.5 Å². The molecule has 1 heterocycles. The van der Waals surface area contributed by atoms with Gasteiger partial charge in [0, 0.05) is 32.5 Å². The van der Waals surface area contributed by atoms with E-state index in [1.165, 1.54) is 57.8 Å². The van der Waals surface area contributed by atoms with Crippen LogP contribution in [0, 0.1) is 0 Å². The van der Waals surface area contributed by atoms with Gasteiger partial charge >= 0.3 is 0 Å². The van der Waals surface area contributed by atoms with Crippen LogP contribution in [-0.2, 0) is 9.47 Å². The van der Waals surface area contributed by atoms with E-state index in [2.05, 4.69) is 5.32 Å². The maximum absolute atomic E-state index is 6.31. The molecular weight excluding hydrogens is 264 g/mol. The lowest BCUT2D eigenvalue weighted by Gasteiger charge is -2.29. The molecule has 0 radical (unpaired) electrons. The van der Waals surface area contributed by atoms with Crippen molar-refractivity contribution in [2.24, 2.45) is 5.73 Å². The Morgan fingerprint density at radius 1 is 0.905 bits per heavy atom. The third-order valence-corrected chi connectivity index (χ3v) is 4.72. The van der Waals surface area contributed by atoms with Crippen molar-refractivity contribution in [2.75, 3.05) is 26.2 Å². The molecule has 1 saturated heterocycles. The van der Waals surface area contributed by atoms with Gasteiger partial charge in [0.15, 0.2) is 5.79 Å². The van der Waals surface area contributed by atoms with Crippen molar-refractivity contribution < 1.29 is 9.47 Å². The van der Waals surface area contributed by atoms with E-state index in [0.29, 0.717) is 6.54 Å². The van der Waals surface area contributed by atoms with Crippen LogP contribution in [0.25, 0.3) is 0 Å². The summed E-state index contributed by atoms with van der Waals surface area (Å²) in [5.74, 6) is -0.283. The standard InChI is InChI=1S/C17H34N2O2/c18-12-13-19-14-16-15-20-17(21-16)10-8-6-4-2-1-3-5-7-9-11-17/h16,19H,1-15,18H2/t16-/m0/s1. The number of hydrogen-bond donors (Lipinski definition) is 2. The van der Waals surface area contributed by atoms with Gasteiger partial charge in [0.25, 0.3) is 0 Å². The fourth-order valence-corrected chi connectivity index (χ4v) is 3.50. The van der Waals surface area contributed by atoms with Gasteiger partial charge in [-0.25, -0.2) is 0 Å². The summed E-state index contributed by atoms with van der Waals surface area (Å²) in [6.07, 6.45) is 14.4.